The molecular weight excluding hydrogens is 341 g/mol. The van der Waals surface area contributed by atoms with E-state index in [1.807, 2.05) is 0 Å². The maximum absolute atomic E-state index is 13.3. The standard InChI is InChI=1S/C18H14FN3O4/c19-12-3-1-11(2-4-12)18(16(25)20-17(26)21-18)9-22-8-10-7-13(23)5-6-14(10)15(22)24/h1-8,23-24H,9H2,(H2,20,21,25,26)/t18-/m1/s1. The summed E-state index contributed by atoms with van der Waals surface area (Å²) < 4.78 is 14.7. The molecule has 2 aromatic carbocycles. The van der Waals surface area contributed by atoms with Crippen molar-refractivity contribution in [2.45, 2.75) is 12.1 Å². The highest BCUT2D eigenvalue weighted by Crippen LogP contribution is 2.34. The zero-order chi connectivity index (χ0) is 18.5. The molecule has 3 aromatic rings. The van der Waals surface area contributed by atoms with Gasteiger partial charge in [0.1, 0.15) is 11.6 Å². The summed E-state index contributed by atoms with van der Waals surface area (Å²) in [5.41, 5.74) is -1.12. The molecule has 2 heterocycles. The second-order valence-electron chi connectivity index (χ2n) is 6.17. The number of aromatic nitrogens is 1. The molecule has 0 spiro atoms. The number of fused-ring (bicyclic) bond motifs is 1. The van der Waals surface area contributed by atoms with Gasteiger partial charge < -0.3 is 20.1 Å². The van der Waals surface area contributed by atoms with Gasteiger partial charge >= 0.3 is 6.03 Å². The number of phenols is 1. The molecule has 8 heteroatoms. The average Bonchev–Trinajstić information content (AvgIpc) is 3.05. The number of aromatic hydroxyl groups is 2. The summed E-state index contributed by atoms with van der Waals surface area (Å²) in [6.07, 6.45) is 1.56. The molecule has 1 saturated heterocycles. The van der Waals surface area contributed by atoms with Crippen LogP contribution in [0.25, 0.3) is 10.8 Å². The molecule has 0 radical (unpaired) electrons. The minimum Gasteiger partial charge on any atom is -0.508 e. The minimum absolute atomic E-state index is 0.0369. The number of phenolic OH excluding ortho intramolecular Hbond substituents is 1. The van der Waals surface area contributed by atoms with Crippen LogP contribution in [-0.4, -0.2) is 26.7 Å². The molecule has 26 heavy (non-hydrogen) atoms. The Balaban J connectivity index is 1.84. The maximum Gasteiger partial charge on any atom is 0.322 e. The molecule has 1 aliphatic heterocycles. The monoisotopic (exact) mass is 355 g/mol. The number of amides is 3. The Hall–Kier alpha value is -3.55. The van der Waals surface area contributed by atoms with Gasteiger partial charge in [-0.05, 0) is 35.9 Å². The molecule has 7 nitrogen and oxygen atoms in total. The molecule has 3 amide bonds. The number of rotatable bonds is 3. The van der Waals surface area contributed by atoms with Gasteiger partial charge in [-0.1, -0.05) is 12.1 Å². The van der Waals surface area contributed by atoms with Gasteiger partial charge in [0.15, 0.2) is 11.4 Å². The maximum atomic E-state index is 13.3. The third kappa shape index (κ3) is 2.34. The van der Waals surface area contributed by atoms with Crippen LogP contribution in [0.1, 0.15) is 5.56 Å². The van der Waals surface area contributed by atoms with Gasteiger partial charge in [-0.25, -0.2) is 9.18 Å². The van der Waals surface area contributed by atoms with Gasteiger partial charge in [0.2, 0.25) is 0 Å². The summed E-state index contributed by atoms with van der Waals surface area (Å²) in [6.45, 7) is -0.114. The number of hydrogen-bond acceptors (Lipinski definition) is 4. The van der Waals surface area contributed by atoms with E-state index in [2.05, 4.69) is 10.6 Å². The summed E-state index contributed by atoms with van der Waals surface area (Å²) in [7, 11) is 0. The van der Waals surface area contributed by atoms with Gasteiger partial charge in [0.25, 0.3) is 5.91 Å². The van der Waals surface area contributed by atoms with Crippen LogP contribution >= 0.6 is 0 Å². The predicted molar refractivity (Wildman–Crippen MR) is 90.0 cm³/mol. The number of benzene rings is 2. The van der Waals surface area contributed by atoms with Crippen molar-refractivity contribution in [2.24, 2.45) is 0 Å². The number of imide groups is 1. The molecule has 0 bridgehead atoms. The fourth-order valence-corrected chi connectivity index (χ4v) is 3.25. The number of halogens is 1. The molecule has 1 fully saturated rings. The van der Waals surface area contributed by atoms with Crippen LogP contribution in [0.5, 0.6) is 11.6 Å². The molecule has 4 rings (SSSR count). The van der Waals surface area contributed by atoms with Crippen molar-refractivity contribution in [1.29, 1.82) is 0 Å². The Kier molecular flexibility index (Phi) is 3.36. The molecule has 1 atom stereocenters. The number of carbonyl (C=O) groups is 2. The molecule has 1 aromatic heterocycles. The Morgan fingerprint density at radius 2 is 1.81 bits per heavy atom. The van der Waals surface area contributed by atoms with E-state index in [4.69, 9.17) is 0 Å². The van der Waals surface area contributed by atoms with Crippen LogP contribution in [-0.2, 0) is 16.9 Å². The predicted octanol–water partition coefficient (Wildman–Crippen LogP) is 1.93. The van der Waals surface area contributed by atoms with Crippen LogP contribution in [0.3, 0.4) is 0 Å². The Labute approximate surface area is 146 Å². The summed E-state index contributed by atoms with van der Waals surface area (Å²) in [6, 6.07) is 8.99. The molecular formula is C18H14FN3O4. The van der Waals surface area contributed by atoms with E-state index in [-0.39, 0.29) is 18.2 Å². The number of nitrogens with one attached hydrogen (secondary N) is 2. The van der Waals surface area contributed by atoms with Crippen molar-refractivity contribution in [1.82, 2.24) is 15.2 Å². The van der Waals surface area contributed by atoms with Crippen LogP contribution in [0, 0.1) is 5.82 Å². The average molecular weight is 355 g/mol. The normalized spacial score (nSPS) is 19.6. The molecule has 0 aliphatic carbocycles. The van der Waals surface area contributed by atoms with Crippen LogP contribution in [0.15, 0.2) is 48.7 Å². The molecule has 0 unspecified atom stereocenters. The fourth-order valence-electron chi connectivity index (χ4n) is 3.25. The third-order valence-electron chi connectivity index (χ3n) is 4.53. The van der Waals surface area contributed by atoms with Gasteiger partial charge in [0.05, 0.1) is 6.54 Å². The summed E-state index contributed by atoms with van der Waals surface area (Å²) >= 11 is 0. The highest BCUT2D eigenvalue weighted by Gasteiger charge is 2.48. The zero-order valence-corrected chi connectivity index (χ0v) is 13.4. The summed E-state index contributed by atoms with van der Waals surface area (Å²) in [5.74, 6) is -1.15. The van der Waals surface area contributed by atoms with E-state index in [9.17, 15) is 24.2 Å². The van der Waals surface area contributed by atoms with E-state index in [1.165, 1.54) is 41.0 Å². The smallest absolute Gasteiger partial charge is 0.322 e. The quantitative estimate of drug-likeness (QED) is 0.539. The number of urea groups is 1. The van der Waals surface area contributed by atoms with E-state index in [1.54, 1.807) is 12.3 Å². The topological polar surface area (TPSA) is 104 Å². The van der Waals surface area contributed by atoms with E-state index in [0.29, 0.717) is 16.3 Å². The Bertz CT molecular complexity index is 1040. The van der Waals surface area contributed by atoms with Crippen LogP contribution in [0.2, 0.25) is 0 Å². The lowest BCUT2D eigenvalue weighted by Crippen LogP contribution is -2.47. The van der Waals surface area contributed by atoms with Gasteiger partial charge in [-0.2, -0.15) is 0 Å². The van der Waals surface area contributed by atoms with Gasteiger partial charge in [-0.15, -0.1) is 0 Å². The fraction of sp³-hybridized carbons (Fsp3) is 0.111. The van der Waals surface area contributed by atoms with Gasteiger partial charge in [0, 0.05) is 17.0 Å². The van der Waals surface area contributed by atoms with E-state index >= 15 is 0 Å². The lowest BCUT2D eigenvalue weighted by molar-refractivity contribution is -0.124. The third-order valence-corrected chi connectivity index (χ3v) is 4.53. The molecule has 1 aliphatic rings. The highest BCUT2D eigenvalue weighted by molar-refractivity contribution is 6.07. The number of carbonyl (C=O) groups excluding carboxylic acids is 2. The van der Waals surface area contributed by atoms with E-state index < -0.39 is 23.3 Å². The Morgan fingerprint density at radius 1 is 1.08 bits per heavy atom. The molecule has 4 N–H and O–H groups in total. The van der Waals surface area contributed by atoms with Crippen LogP contribution in [0.4, 0.5) is 9.18 Å². The first kappa shape index (κ1) is 15.9. The second kappa shape index (κ2) is 5.48. The first-order valence-corrected chi connectivity index (χ1v) is 7.79. The SMILES string of the molecule is O=C1NC(=O)[C@@](Cn2cc3cc(O)ccc3c2O)(c2ccc(F)cc2)N1. The van der Waals surface area contributed by atoms with Crippen LogP contribution < -0.4 is 10.6 Å². The van der Waals surface area contributed by atoms with Gasteiger partial charge in [-0.3, -0.25) is 10.1 Å². The summed E-state index contributed by atoms with van der Waals surface area (Å²) in [5, 5.41) is 25.9. The first-order chi connectivity index (χ1) is 12.4. The summed E-state index contributed by atoms with van der Waals surface area (Å²) in [4.78, 5) is 24.3. The van der Waals surface area contributed by atoms with E-state index in [0.717, 1.165) is 0 Å². The first-order valence-electron chi connectivity index (χ1n) is 7.79. The number of nitrogens with zero attached hydrogens (tertiary/aromatic N) is 1. The Morgan fingerprint density at radius 3 is 2.46 bits per heavy atom. The minimum atomic E-state index is -1.50. The highest BCUT2D eigenvalue weighted by atomic mass is 19.1. The largest absolute Gasteiger partial charge is 0.508 e. The number of hydrogen-bond donors (Lipinski definition) is 4. The van der Waals surface area contributed by atoms with Crippen molar-refractivity contribution >= 4 is 22.7 Å². The molecule has 0 saturated carbocycles. The second-order valence-corrected chi connectivity index (χ2v) is 6.17. The van der Waals surface area contributed by atoms with Crippen molar-refractivity contribution in [2.75, 3.05) is 0 Å². The zero-order valence-electron chi connectivity index (χ0n) is 13.4. The van der Waals surface area contributed by atoms with Crippen molar-refractivity contribution in [3.05, 3.63) is 60.0 Å². The van der Waals surface area contributed by atoms with Crippen molar-refractivity contribution in [3.8, 4) is 11.6 Å². The lowest BCUT2D eigenvalue weighted by atomic mass is 9.89. The van der Waals surface area contributed by atoms with Crippen molar-refractivity contribution < 1.29 is 24.2 Å². The lowest BCUT2D eigenvalue weighted by Gasteiger charge is -2.27. The molecule has 132 valence electrons. The van der Waals surface area contributed by atoms with Crippen molar-refractivity contribution in [3.63, 3.8) is 0 Å².